The molecule has 1 aliphatic rings. The number of para-hydroxylation sites is 1. The first-order valence-electron chi connectivity index (χ1n) is 9.75. The molecule has 33 heavy (non-hydrogen) atoms. The van der Waals surface area contributed by atoms with E-state index in [1.165, 1.54) is 36.0 Å². The molecule has 3 N–H and O–H groups in total. The lowest BCUT2D eigenvalue weighted by Crippen LogP contribution is -2.42. The molecule has 0 saturated heterocycles. The lowest BCUT2D eigenvalue weighted by Gasteiger charge is -2.11. The molecule has 1 aliphatic heterocycles. The Morgan fingerprint density at radius 3 is 2.48 bits per heavy atom. The summed E-state index contributed by atoms with van der Waals surface area (Å²) in [5.74, 6) is -1.20. The van der Waals surface area contributed by atoms with Crippen LogP contribution in [0.5, 0.6) is 5.75 Å². The number of hydrogen-bond donors (Lipinski definition) is 3. The molecule has 0 fully saturated rings. The lowest BCUT2D eigenvalue weighted by molar-refractivity contribution is -0.448. The average molecular weight is 465 g/mol. The number of azo groups is 1. The van der Waals surface area contributed by atoms with Crippen LogP contribution in [0.1, 0.15) is 15.9 Å². The Hall–Kier alpha value is -4.12. The van der Waals surface area contributed by atoms with Gasteiger partial charge in [0.15, 0.2) is 0 Å². The maximum Gasteiger partial charge on any atom is 0.360 e. The van der Waals surface area contributed by atoms with E-state index in [0.717, 1.165) is 5.56 Å². The van der Waals surface area contributed by atoms with Gasteiger partial charge in [-0.05, 0) is 53.6 Å². The van der Waals surface area contributed by atoms with Crippen LogP contribution < -0.4 is 10.9 Å². The summed E-state index contributed by atoms with van der Waals surface area (Å²) in [4.78, 5) is 28.4. The summed E-state index contributed by atoms with van der Waals surface area (Å²) in [5, 5.41) is 18.3. The molecule has 1 atom stereocenters. The smallest absolute Gasteiger partial charge is 0.360 e. The van der Waals surface area contributed by atoms with Crippen LogP contribution in [0.25, 0.3) is 0 Å². The van der Waals surface area contributed by atoms with Crippen molar-refractivity contribution in [3.05, 3.63) is 90.0 Å². The molecule has 2 amide bonds. The van der Waals surface area contributed by atoms with E-state index in [-0.39, 0.29) is 22.9 Å². The minimum atomic E-state index is -0.645. The maximum absolute atomic E-state index is 13.5. The van der Waals surface area contributed by atoms with Gasteiger partial charge in [0.1, 0.15) is 17.3 Å². The van der Waals surface area contributed by atoms with E-state index >= 15 is 0 Å². The van der Waals surface area contributed by atoms with Crippen molar-refractivity contribution in [2.75, 3.05) is 5.75 Å². The molecule has 1 unspecified atom stereocenters. The number of hydrogen-bond acceptors (Lipinski definition) is 7. The van der Waals surface area contributed by atoms with Gasteiger partial charge in [0, 0.05) is 12.4 Å². The van der Waals surface area contributed by atoms with Crippen molar-refractivity contribution in [1.82, 2.24) is 15.8 Å². The van der Waals surface area contributed by atoms with Crippen LogP contribution in [0.2, 0.25) is 0 Å². The fourth-order valence-corrected chi connectivity index (χ4v) is 3.87. The standard InChI is InChI=1S/C22H17FN6O3S/c23-15-5-7-16(8-6-15)29-20(14-9-11-24-12-10-14)26-28-22(29)33-13-19(31)25-27-21(32)17-3-1-2-4-18(17)30/h1-12,22H,13H2,(H2,24,28,30,32)/p+1. The van der Waals surface area contributed by atoms with E-state index in [1.54, 1.807) is 53.4 Å². The summed E-state index contributed by atoms with van der Waals surface area (Å²) in [7, 11) is 0. The molecule has 0 radical (unpaired) electrons. The third-order valence-electron chi connectivity index (χ3n) is 4.57. The molecule has 0 bridgehead atoms. The Balaban J connectivity index is 1.44. The van der Waals surface area contributed by atoms with E-state index in [0.29, 0.717) is 11.5 Å². The number of nitrogens with zero attached hydrogens (tertiary/aromatic N) is 4. The lowest BCUT2D eigenvalue weighted by atomic mass is 10.2. The van der Waals surface area contributed by atoms with Gasteiger partial charge in [-0.25, -0.2) is 4.39 Å². The molecule has 0 aliphatic carbocycles. The summed E-state index contributed by atoms with van der Waals surface area (Å²) in [6.07, 6.45) is 3.25. The third kappa shape index (κ3) is 5.21. The summed E-state index contributed by atoms with van der Waals surface area (Å²) in [6, 6.07) is 15.4. The minimum Gasteiger partial charge on any atom is -0.507 e. The summed E-state index contributed by atoms with van der Waals surface area (Å²) < 4.78 is 15.2. The van der Waals surface area contributed by atoms with Crippen LogP contribution in [0.4, 0.5) is 10.1 Å². The van der Waals surface area contributed by atoms with Crippen LogP contribution in [-0.2, 0) is 4.79 Å². The van der Waals surface area contributed by atoms with Crippen molar-refractivity contribution in [2.24, 2.45) is 10.2 Å². The van der Waals surface area contributed by atoms with Crippen molar-refractivity contribution >= 4 is 35.1 Å². The second kappa shape index (κ2) is 10.0. The van der Waals surface area contributed by atoms with Crippen molar-refractivity contribution < 1.29 is 23.7 Å². The topological polar surface area (TPSA) is 119 Å². The summed E-state index contributed by atoms with van der Waals surface area (Å²) >= 11 is 1.17. The molecule has 0 spiro atoms. The highest BCUT2D eigenvalue weighted by Crippen LogP contribution is 2.29. The molecule has 11 heteroatoms. The molecule has 2 heterocycles. The molecule has 9 nitrogen and oxygen atoms in total. The fraction of sp³-hybridized carbons (Fsp3) is 0.0909. The normalized spacial score (nSPS) is 14.9. The number of carbonyl (C=O) groups excluding carboxylic acids is 2. The van der Waals surface area contributed by atoms with Crippen molar-refractivity contribution in [3.8, 4) is 5.75 Å². The number of aromatic nitrogens is 1. The SMILES string of the molecule is O=C(CSC1N=NC(c2ccncc2)=[N+]1c1ccc(F)cc1)NNC(=O)c1ccccc1O. The van der Waals surface area contributed by atoms with Crippen molar-refractivity contribution in [1.29, 1.82) is 0 Å². The minimum absolute atomic E-state index is 0.0362. The van der Waals surface area contributed by atoms with Gasteiger partial charge in [-0.1, -0.05) is 23.9 Å². The second-order valence-corrected chi connectivity index (χ2v) is 7.82. The van der Waals surface area contributed by atoms with Crippen LogP contribution in [0.15, 0.2) is 83.3 Å². The average Bonchev–Trinajstić information content (AvgIpc) is 3.26. The third-order valence-corrected chi connectivity index (χ3v) is 5.60. The quantitative estimate of drug-likeness (QED) is 0.382. The number of halogens is 1. The van der Waals surface area contributed by atoms with E-state index < -0.39 is 17.3 Å². The number of carbonyl (C=O) groups is 2. The number of aromatic hydroxyl groups is 1. The predicted molar refractivity (Wildman–Crippen MR) is 119 cm³/mol. The zero-order valence-corrected chi connectivity index (χ0v) is 17.9. The Morgan fingerprint density at radius 1 is 1.03 bits per heavy atom. The number of hydrazine groups is 1. The molecular formula is C22H18FN6O3S+. The Labute approximate surface area is 192 Å². The predicted octanol–water partition coefficient (Wildman–Crippen LogP) is 2.96. The molecule has 0 saturated carbocycles. The number of nitrogens with one attached hydrogen (secondary N) is 2. The summed E-state index contributed by atoms with van der Waals surface area (Å²) in [5.41, 5.74) is 5.44. The first kappa shape index (κ1) is 22.1. The molecule has 1 aromatic heterocycles. The number of amidine groups is 1. The van der Waals surface area contributed by atoms with Gasteiger partial charge >= 0.3 is 5.84 Å². The highest BCUT2D eigenvalue weighted by molar-refractivity contribution is 8.00. The van der Waals surface area contributed by atoms with E-state index in [9.17, 15) is 19.1 Å². The monoisotopic (exact) mass is 465 g/mol. The fourth-order valence-electron chi connectivity index (χ4n) is 3.01. The largest absolute Gasteiger partial charge is 0.507 e. The molecule has 166 valence electrons. The molecule has 2 aromatic carbocycles. The van der Waals surface area contributed by atoms with Gasteiger partial charge in [0.2, 0.25) is 5.91 Å². The van der Waals surface area contributed by atoms with Gasteiger partial charge in [-0.3, -0.25) is 25.4 Å². The van der Waals surface area contributed by atoms with Crippen molar-refractivity contribution in [2.45, 2.75) is 5.50 Å². The molecular weight excluding hydrogens is 447 g/mol. The number of benzene rings is 2. The van der Waals surface area contributed by atoms with Gasteiger partial charge in [-0.2, -0.15) is 4.58 Å². The van der Waals surface area contributed by atoms with Crippen LogP contribution in [-0.4, -0.2) is 43.6 Å². The number of phenols is 1. The van der Waals surface area contributed by atoms with Gasteiger partial charge < -0.3 is 5.11 Å². The Kier molecular flexibility index (Phi) is 6.69. The highest BCUT2D eigenvalue weighted by Gasteiger charge is 2.35. The number of pyridine rings is 1. The maximum atomic E-state index is 13.5. The van der Waals surface area contributed by atoms with Crippen LogP contribution in [0.3, 0.4) is 0 Å². The summed E-state index contributed by atoms with van der Waals surface area (Å²) in [6.45, 7) is 0. The second-order valence-electron chi connectivity index (χ2n) is 6.78. The zero-order valence-electron chi connectivity index (χ0n) is 17.1. The Morgan fingerprint density at radius 2 is 1.76 bits per heavy atom. The number of rotatable bonds is 6. The first-order chi connectivity index (χ1) is 16.0. The van der Waals surface area contributed by atoms with E-state index in [4.69, 9.17) is 0 Å². The van der Waals surface area contributed by atoms with Gasteiger partial charge in [0.05, 0.1) is 22.0 Å². The zero-order chi connectivity index (χ0) is 23.2. The Bertz CT molecular complexity index is 1230. The van der Waals surface area contributed by atoms with Crippen molar-refractivity contribution in [3.63, 3.8) is 0 Å². The highest BCUT2D eigenvalue weighted by atomic mass is 32.2. The molecule has 4 rings (SSSR count). The first-order valence-corrected chi connectivity index (χ1v) is 10.8. The van der Waals surface area contributed by atoms with Gasteiger partial charge in [0.25, 0.3) is 11.4 Å². The van der Waals surface area contributed by atoms with E-state index in [1.807, 2.05) is 0 Å². The van der Waals surface area contributed by atoms with Crippen LogP contribution >= 0.6 is 11.8 Å². The van der Waals surface area contributed by atoms with E-state index in [2.05, 4.69) is 26.1 Å². The molecule has 3 aromatic rings. The van der Waals surface area contributed by atoms with Gasteiger partial charge in [-0.15, -0.1) is 0 Å². The van der Waals surface area contributed by atoms with Crippen LogP contribution in [0, 0.1) is 5.82 Å². The number of amides is 2. The number of phenolic OH excluding ortho intramolecular Hbond substituents is 1. The number of thioether (sulfide) groups is 1.